The van der Waals surface area contributed by atoms with Gasteiger partial charge in [-0.25, -0.2) is 8.78 Å². The highest BCUT2D eigenvalue weighted by Gasteiger charge is 2.23. The topological polar surface area (TPSA) is 0 Å². The van der Waals surface area contributed by atoms with E-state index in [-0.39, 0.29) is 16.4 Å². The van der Waals surface area contributed by atoms with Crippen LogP contribution in [0.4, 0.5) is 8.78 Å². The zero-order chi connectivity index (χ0) is 18.8. The maximum absolute atomic E-state index is 14.4. The Bertz CT molecular complexity index is 719. The lowest BCUT2D eigenvalue weighted by atomic mass is 9.79. The van der Waals surface area contributed by atoms with Crippen LogP contribution in [0.2, 0.25) is 5.02 Å². The van der Waals surface area contributed by atoms with Gasteiger partial charge < -0.3 is 0 Å². The van der Waals surface area contributed by atoms with Crippen molar-refractivity contribution >= 4 is 11.6 Å². The quantitative estimate of drug-likeness (QED) is 0.534. The molecule has 0 heterocycles. The smallest absolute Gasteiger partial charge is 0.129 e. The van der Waals surface area contributed by atoms with E-state index in [0.717, 1.165) is 17.0 Å². The molecule has 0 amide bonds. The molecular formula is C22H27ClF2. The highest BCUT2D eigenvalue weighted by molar-refractivity contribution is 6.31. The molecule has 0 aromatic heterocycles. The molecule has 0 bridgehead atoms. The Morgan fingerprint density at radius 2 is 1.40 bits per heavy atom. The molecule has 0 fully saturated rings. The van der Waals surface area contributed by atoms with Crippen LogP contribution in [0.25, 0.3) is 0 Å². The molecule has 0 radical (unpaired) electrons. The fourth-order valence-corrected chi connectivity index (χ4v) is 3.43. The highest BCUT2D eigenvalue weighted by atomic mass is 35.5. The Morgan fingerprint density at radius 3 is 1.92 bits per heavy atom. The van der Waals surface area contributed by atoms with Crippen molar-refractivity contribution in [2.45, 2.75) is 53.9 Å². The molecule has 0 aliphatic carbocycles. The molecule has 0 unspecified atom stereocenters. The van der Waals surface area contributed by atoms with Crippen LogP contribution in [-0.4, -0.2) is 0 Å². The minimum absolute atomic E-state index is 0.157. The Hall–Kier alpha value is -1.41. The van der Waals surface area contributed by atoms with Crippen LogP contribution in [0.3, 0.4) is 0 Å². The van der Waals surface area contributed by atoms with Crippen LogP contribution in [-0.2, 0) is 19.3 Å². The van der Waals surface area contributed by atoms with E-state index < -0.39 is 11.6 Å². The third-order valence-corrected chi connectivity index (χ3v) is 4.59. The second-order valence-corrected chi connectivity index (χ2v) is 9.29. The summed E-state index contributed by atoms with van der Waals surface area (Å²) >= 11 is 6.25. The Kier molecular flexibility index (Phi) is 5.93. The lowest BCUT2D eigenvalue weighted by molar-refractivity contribution is 0.358. The van der Waals surface area contributed by atoms with E-state index in [1.807, 2.05) is 45.0 Å². The summed E-state index contributed by atoms with van der Waals surface area (Å²) in [4.78, 5) is 0. The number of hydrogen-bond donors (Lipinski definition) is 0. The van der Waals surface area contributed by atoms with E-state index >= 15 is 0 Å². The second kappa shape index (κ2) is 7.45. The van der Waals surface area contributed by atoms with Crippen molar-refractivity contribution in [3.8, 4) is 0 Å². The van der Waals surface area contributed by atoms with Gasteiger partial charge in [0, 0.05) is 10.6 Å². The Labute approximate surface area is 155 Å². The molecule has 0 aliphatic heterocycles. The first kappa shape index (κ1) is 19.9. The SMILES string of the molecule is CC(C)(C)Cc1c(F)cc(CC(C)(C)Cc2ccccc2Cl)cc1F. The van der Waals surface area contributed by atoms with Gasteiger partial charge in [-0.05, 0) is 59.4 Å². The molecule has 0 atom stereocenters. The first-order valence-corrected chi connectivity index (χ1v) is 9.05. The van der Waals surface area contributed by atoms with Gasteiger partial charge in [-0.15, -0.1) is 0 Å². The Balaban J connectivity index is 2.20. The predicted molar refractivity (Wildman–Crippen MR) is 102 cm³/mol. The number of halogens is 3. The third-order valence-electron chi connectivity index (χ3n) is 4.22. The van der Waals surface area contributed by atoms with Crippen LogP contribution in [0.1, 0.15) is 51.3 Å². The van der Waals surface area contributed by atoms with Crippen molar-refractivity contribution in [1.29, 1.82) is 0 Å². The van der Waals surface area contributed by atoms with Gasteiger partial charge in [0.25, 0.3) is 0 Å². The first-order chi connectivity index (χ1) is 11.5. The van der Waals surface area contributed by atoms with Crippen LogP contribution in [0.5, 0.6) is 0 Å². The van der Waals surface area contributed by atoms with Crippen molar-refractivity contribution in [2.75, 3.05) is 0 Å². The van der Waals surface area contributed by atoms with Gasteiger partial charge in [-0.2, -0.15) is 0 Å². The molecule has 0 spiro atoms. The maximum atomic E-state index is 14.4. The van der Waals surface area contributed by atoms with Crippen molar-refractivity contribution in [3.63, 3.8) is 0 Å². The minimum Gasteiger partial charge on any atom is -0.207 e. The van der Waals surface area contributed by atoms with Gasteiger partial charge in [-0.3, -0.25) is 0 Å². The van der Waals surface area contributed by atoms with Gasteiger partial charge >= 0.3 is 0 Å². The summed E-state index contributed by atoms with van der Waals surface area (Å²) in [6, 6.07) is 10.7. The normalized spacial score (nSPS) is 12.5. The number of hydrogen-bond acceptors (Lipinski definition) is 0. The molecule has 0 saturated carbocycles. The van der Waals surface area contributed by atoms with E-state index in [1.165, 1.54) is 12.1 Å². The van der Waals surface area contributed by atoms with Gasteiger partial charge in [0.05, 0.1) is 0 Å². The zero-order valence-corrected chi connectivity index (χ0v) is 16.5. The highest BCUT2D eigenvalue weighted by Crippen LogP contribution is 2.32. The van der Waals surface area contributed by atoms with Crippen LogP contribution >= 0.6 is 11.6 Å². The molecule has 2 aromatic rings. The monoisotopic (exact) mass is 364 g/mol. The third kappa shape index (κ3) is 5.81. The summed E-state index contributed by atoms with van der Waals surface area (Å²) in [5.74, 6) is -0.892. The molecule has 0 nitrogen and oxygen atoms in total. The lowest BCUT2D eigenvalue weighted by Crippen LogP contribution is -2.19. The predicted octanol–water partition coefficient (Wildman–Crippen LogP) is 7.02. The van der Waals surface area contributed by atoms with Crippen LogP contribution in [0.15, 0.2) is 36.4 Å². The number of rotatable bonds is 5. The fraction of sp³-hybridized carbons (Fsp3) is 0.455. The molecule has 0 saturated heterocycles. The van der Waals surface area contributed by atoms with Gasteiger partial charge in [-0.1, -0.05) is 64.4 Å². The van der Waals surface area contributed by atoms with E-state index in [2.05, 4.69) is 13.8 Å². The van der Waals surface area contributed by atoms with Crippen molar-refractivity contribution in [3.05, 3.63) is 69.7 Å². The first-order valence-electron chi connectivity index (χ1n) is 8.67. The molecular weight excluding hydrogens is 338 g/mol. The van der Waals surface area contributed by atoms with Crippen molar-refractivity contribution in [1.82, 2.24) is 0 Å². The van der Waals surface area contributed by atoms with Gasteiger partial charge in [0.15, 0.2) is 0 Å². The average Bonchev–Trinajstić information content (AvgIpc) is 2.44. The summed E-state index contributed by atoms with van der Waals surface area (Å²) in [7, 11) is 0. The summed E-state index contributed by atoms with van der Waals surface area (Å²) in [6.45, 7) is 10.1. The molecule has 0 N–H and O–H groups in total. The van der Waals surface area contributed by atoms with E-state index in [9.17, 15) is 8.78 Å². The van der Waals surface area contributed by atoms with Gasteiger partial charge in [0.2, 0.25) is 0 Å². The van der Waals surface area contributed by atoms with Crippen molar-refractivity contribution in [2.24, 2.45) is 10.8 Å². The molecule has 3 heteroatoms. The maximum Gasteiger partial charge on any atom is 0.129 e. The minimum atomic E-state index is -0.446. The largest absolute Gasteiger partial charge is 0.207 e. The molecule has 0 aliphatic rings. The molecule has 2 rings (SSSR count). The Morgan fingerprint density at radius 1 is 0.840 bits per heavy atom. The summed E-state index contributed by atoms with van der Waals surface area (Å²) in [5.41, 5.74) is 1.60. The second-order valence-electron chi connectivity index (χ2n) is 8.88. The summed E-state index contributed by atoms with van der Waals surface area (Å²) < 4.78 is 28.9. The van der Waals surface area contributed by atoms with E-state index in [1.54, 1.807) is 0 Å². The lowest BCUT2D eigenvalue weighted by Gasteiger charge is -2.26. The molecule has 136 valence electrons. The standard InChI is InChI=1S/C22H27ClF2/c1-21(2,3)14-17-19(24)10-15(11-20(17)25)12-22(4,5)13-16-8-6-7-9-18(16)23/h6-11H,12-14H2,1-5H3. The zero-order valence-electron chi connectivity index (χ0n) is 15.7. The van der Waals surface area contributed by atoms with Gasteiger partial charge in [0.1, 0.15) is 11.6 Å². The van der Waals surface area contributed by atoms with Crippen LogP contribution in [0, 0.1) is 22.5 Å². The van der Waals surface area contributed by atoms with Crippen LogP contribution < -0.4 is 0 Å². The average molecular weight is 365 g/mol. The summed E-state index contributed by atoms with van der Waals surface area (Å²) in [5, 5.41) is 0.730. The summed E-state index contributed by atoms with van der Waals surface area (Å²) in [6.07, 6.45) is 1.72. The molecule has 2 aromatic carbocycles. The fourth-order valence-electron chi connectivity index (χ4n) is 3.23. The van der Waals surface area contributed by atoms with E-state index in [4.69, 9.17) is 11.6 Å². The molecule has 25 heavy (non-hydrogen) atoms. The van der Waals surface area contributed by atoms with E-state index in [0.29, 0.717) is 18.4 Å². The number of benzene rings is 2. The van der Waals surface area contributed by atoms with Crippen molar-refractivity contribution < 1.29 is 8.78 Å².